The molecule has 2 aromatic carbocycles. The molecule has 6 heteroatoms. The molecule has 2 aromatic rings. The summed E-state index contributed by atoms with van der Waals surface area (Å²) in [5, 5.41) is -1.03. The van der Waals surface area contributed by atoms with Crippen molar-refractivity contribution >= 4 is 19.7 Å². The van der Waals surface area contributed by atoms with Crippen molar-refractivity contribution in [1.82, 2.24) is 0 Å². The van der Waals surface area contributed by atoms with Crippen LogP contribution in [0.3, 0.4) is 0 Å². The summed E-state index contributed by atoms with van der Waals surface area (Å²) in [4.78, 5) is 0.317. The lowest BCUT2D eigenvalue weighted by Crippen LogP contribution is -2.16. The van der Waals surface area contributed by atoms with Gasteiger partial charge in [-0.15, -0.1) is 0 Å². The molecule has 0 amide bonds. The van der Waals surface area contributed by atoms with Gasteiger partial charge < -0.3 is 0 Å². The molecule has 0 fully saturated rings. The Morgan fingerprint density at radius 2 is 1.68 bits per heavy atom. The van der Waals surface area contributed by atoms with Crippen LogP contribution in [-0.2, 0) is 19.7 Å². The monoisotopic (exact) mass is 336 g/mol. The molecule has 116 valence electrons. The van der Waals surface area contributed by atoms with E-state index < -0.39 is 24.9 Å². The quantitative estimate of drug-likeness (QED) is 0.845. The molecule has 0 N–H and O–H groups in total. The van der Waals surface area contributed by atoms with Crippen LogP contribution in [0.15, 0.2) is 52.3 Å². The van der Waals surface area contributed by atoms with Gasteiger partial charge in [0.1, 0.15) is 5.25 Å². The van der Waals surface area contributed by atoms with E-state index in [9.17, 15) is 16.8 Å². The second-order valence-corrected chi connectivity index (χ2v) is 9.75. The molecule has 1 unspecified atom stereocenters. The molecule has 1 heterocycles. The lowest BCUT2D eigenvalue weighted by molar-refractivity contribution is 0.582. The Hall–Kier alpha value is -1.66. The molecule has 0 bridgehead atoms. The minimum absolute atomic E-state index is 0.156. The number of rotatable bonds is 2. The maximum Gasteiger partial charge on any atom is 0.186 e. The van der Waals surface area contributed by atoms with E-state index in [4.69, 9.17) is 0 Å². The van der Waals surface area contributed by atoms with Crippen LogP contribution in [0, 0.1) is 13.8 Å². The highest BCUT2D eigenvalue weighted by Gasteiger charge is 2.43. The van der Waals surface area contributed by atoms with Crippen LogP contribution in [-0.4, -0.2) is 22.6 Å². The van der Waals surface area contributed by atoms with E-state index in [1.54, 1.807) is 31.2 Å². The number of hydrogen-bond acceptors (Lipinski definition) is 4. The molecule has 22 heavy (non-hydrogen) atoms. The molecule has 1 aliphatic rings. The Labute approximate surface area is 130 Å². The van der Waals surface area contributed by atoms with Gasteiger partial charge in [0.05, 0.1) is 15.5 Å². The zero-order valence-electron chi connectivity index (χ0n) is 12.3. The van der Waals surface area contributed by atoms with Crippen LogP contribution in [0.1, 0.15) is 21.9 Å². The molecule has 0 saturated carbocycles. The van der Waals surface area contributed by atoms with Crippen molar-refractivity contribution in [3.8, 4) is 0 Å². The molecule has 3 rings (SSSR count). The fourth-order valence-electron chi connectivity index (χ4n) is 3.00. The van der Waals surface area contributed by atoms with Gasteiger partial charge >= 0.3 is 0 Å². The highest BCUT2D eigenvalue weighted by atomic mass is 32.2. The normalized spacial score (nSPS) is 19.8. The van der Waals surface area contributed by atoms with Gasteiger partial charge in [-0.05, 0) is 48.7 Å². The average Bonchev–Trinajstić information content (AvgIpc) is 2.73. The maximum atomic E-state index is 12.9. The van der Waals surface area contributed by atoms with Gasteiger partial charge in [0.15, 0.2) is 19.7 Å². The lowest BCUT2D eigenvalue weighted by Gasteiger charge is -2.14. The fourth-order valence-corrected chi connectivity index (χ4v) is 7.57. The Morgan fingerprint density at radius 1 is 1.05 bits per heavy atom. The predicted molar refractivity (Wildman–Crippen MR) is 84.3 cm³/mol. The third-order valence-corrected chi connectivity index (χ3v) is 8.04. The van der Waals surface area contributed by atoms with Gasteiger partial charge in [-0.25, -0.2) is 16.8 Å². The first-order chi connectivity index (χ1) is 10.2. The Morgan fingerprint density at radius 3 is 2.32 bits per heavy atom. The second-order valence-electron chi connectivity index (χ2n) is 5.62. The van der Waals surface area contributed by atoms with Crippen LogP contribution < -0.4 is 0 Å². The number of aryl methyl sites for hydroxylation is 2. The van der Waals surface area contributed by atoms with Crippen molar-refractivity contribution in [3.05, 3.63) is 59.2 Å². The number of benzene rings is 2. The van der Waals surface area contributed by atoms with Gasteiger partial charge in [0.25, 0.3) is 0 Å². The van der Waals surface area contributed by atoms with Crippen LogP contribution in [0.25, 0.3) is 0 Å². The number of sulfone groups is 2. The van der Waals surface area contributed by atoms with Gasteiger partial charge in [0.2, 0.25) is 0 Å². The largest absolute Gasteiger partial charge is 0.224 e. The lowest BCUT2D eigenvalue weighted by atomic mass is 10.0. The highest BCUT2D eigenvalue weighted by molar-refractivity contribution is 7.96. The maximum absolute atomic E-state index is 12.9. The third-order valence-electron chi connectivity index (χ3n) is 3.97. The van der Waals surface area contributed by atoms with Crippen LogP contribution >= 0.6 is 0 Å². The van der Waals surface area contributed by atoms with E-state index in [-0.39, 0.29) is 15.5 Å². The van der Waals surface area contributed by atoms with E-state index in [1.165, 1.54) is 12.1 Å². The van der Waals surface area contributed by atoms with E-state index in [1.807, 2.05) is 13.0 Å². The molecular weight excluding hydrogens is 320 g/mol. The summed E-state index contributed by atoms with van der Waals surface area (Å²) in [5.41, 5.74) is 1.95. The molecular formula is C16H16O4S2. The minimum Gasteiger partial charge on any atom is -0.224 e. The molecule has 0 spiro atoms. The van der Waals surface area contributed by atoms with Crippen molar-refractivity contribution in [2.24, 2.45) is 0 Å². The fraction of sp³-hybridized carbons (Fsp3) is 0.250. The van der Waals surface area contributed by atoms with Crippen molar-refractivity contribution in [2.45, 2.75) is 28.9 Å². The molecule has 1 atom stereocenters. The van der Waals surface area contributed by atoms with Gasteiger partial charge in [-0.1, -0.05) is 24.3 Å². The summed E-state index contributed by atoms with van der Waals surface area (Å²) in [7, 11) is -7.31. The summed E-state index contributed by atoms with van der Waals surface area (Å²) < 4.78 is 50.5. The van der Waals surface area contributed by atoms with Crippen LogP contribution in [0.5, 0.6) is 0 Å². The Balaban J connectivity index is 2.26. The first-order valence-corrected chi connectivity index (χ1v) is 10.1. The summed E-state index contributed by atoms with van der Waals surface area (Å²) in [6, 6.07) is 11.4. The average molecular weight is 336 g/mol. The summed E-state index contributed by atoms with van der Waals surface area (Å²) in [6.07, 6.45) is 0. The van der Waals surface area contributed by atoms with Gasteiger partial charge in [-0.3, -0.25) is 0 Å². The van der Waals surface area contributed by atoms with E-state index in [0.717, 1.165) is 5.56 Å². The standard InChI is InChI=1S/C16H16O4S2/c1-11-8-12(2)16-14(9-11)21(17,18)10-15(16)22(19,20)13-6-4-3-5-7-13/h3-9,15H,10H2,1-2H3. The van der Waals surface area contributed by atoms with Gasteiger partial charge in [0, 0.05) is 0 Å². The van der Waals surface area contributed by atoms with Crippen LogP contribution in [0.2, 0.25) is 0 Å². The van der Waals surface area contributed by atoms with Crippen molar-refractivity contribution in [2.75, 3.05) is 5.75 Å². The SMILES string of the molecule is Cc1cc(C)c2c(c1)S(=O)(=O)CC2S(=O)(=O)c1ccccc1. The number of hydrogen-bond donors (Lipinski definition) is 0. The van der Waals surface area contributed by atoms with Crippen molar-refractivity contribution in [1.29, 1.82) is 0 Å². The predicted octanol–water partition coefficient (Wildman–Crippen LogP) is 2.61. The Kier molecular flexibility index (Phi) is 3.41. The summed E-state index contributed by atoms with van der Waals surface area (Å²) in [6.45, 7) is 3.57. The summed E-state index contributed by atoms with van der Waals surface area (Å²) in [5.74, 6) is -0.385. The minimum atomic E-state index is -3.74. The molecule has 4 nitrogen and oxygen atoms in total. The smallest absolute Gasteiger partial charge is 0.186 e. The Bertz CT molecular complexity index is 943. The first kappa shape index (κ1) is 15.2. The van der Waals surface area contributed by atoms with E-state index in [0.29, 0.717) is 11.1 Å². The zero-order chi connectivity index (χ0) is 16.1. The van der Waals surface area contributed by atoms with Crippen molar-refractivity contribution in [3.63, 3.8) is 0 Å². The van der Waals surface area contributed by atoms with E-state index in [2.05, 4.69) is 0 Å². The third kappa shape index (κ3) is 2.27. The number of fused-ring (bicyclic) bond motifs is 1. The molecule has 0 radical (unpaired) electrons. The molecule has 1 aliphatic heterocycles. The molecule has 0 aromatic heterocycles. The van der Waals surface area contributed by atoms with Crippen molar-refractivity contribution < 1.29 is 16.8 Å². The molecule has 0 aliphatic carbocycles. The van der Waals surface area contributed by atoms with Gasteiger partial charge in [-0.2, -0.15) is 0 Å². The second kappa shape index (κ2) is 4.93. The first-order valence-electron chi connectivity index (χ1n) is 6.86. The van der Waals surface area contributed by atoms with E-state index >= 15 is 0 Å². The summed E-state index contributed by atoms with van der Waals surface area (Å²) >= 11 is 0. The highest BCUT2D eigenvalue weighted by Crippen LogP contribution is 2.43. The molecule has 0 saturated heterocycles. The topological polar surface area (TPSA) is 68.3 Å². The van der Waals surface area contributed by atoms with Crippen LogP contribution in [0.4, 0.5) is 0 Å². The zero-order valence-corrected chi connectivity index (χ0v) is 13.9.